The lowest BCUT2D eigenvalue weighted by Gasteiger charge is -1.76. The predicted octanol–water partition coefficient (Wildman–Crippen LogP) is 0.272. The Morgan fingerprint density at radius 1 is 1.38 bits per heavy atom. The molecule has 1 rings (SSSR count). The number of rotatable bonds is 0. The molecule has 0 amide bonds. The van der Waals surface area contributed by atoms with E-state index < -0.39 is 0 Å². The third-order valence-corrected chi connectivity index (χ3v) is 0.957. The van der Waals surface area contributed by atoms with Crippen molar-refractivity contribution in [2.75, 3.05) is 13.1 Å². The van der Waals surface area contributed by atoms with Gasteiger partial charge in [0.2, 0.25) is 0 Å². The lowest BCUT2D eigenvalue weighted by molar-refractivity contribution is 0.857. The maximum atomic E-state index is 4.54. The predicted molar refractivity (Wildman–Crippen MR) is 39.9 cm³/mol. The van der Waals surface area contributed by atoms with Gasteiger partial charge >= 0.3 is 0 Å². The summed E-state index contributed by atoms with van der Waals surface area (Å²) in [5, 5.41) is 3.22. The van der Waals surface area contributed by atoms with Crippen molar-refractivity contribution in [2.45, 2.75) is 12.8 Å². The molecule has 2 nitrogen and oxygen atoms in total. The summed E-state index contributed by atoms with van der Waals surface area (Å²) < 4.78 is 0. The second kappa shape index (κ2) is 6.85. The van der Waals surface area contributed by atoms with Crippen LogP contribution in [-0.2, 0) is 0 Å². The smallest absolute Gasteiger partial charge is 0.0588 e. The van der Waals surface area contributed by atoms with Gasteiger partial charge in [0.25, 0.3) is 0 Å². The van der Waals surface area contributed by atoms with Crippen LogP contribution in [0.5, 0.6) is 0 Å². The largest absolute Gasteiger partial charge is 0.396 e. The van der Waals surface area contributed by atoms with E-state index in [0.717, 1.165) is 5.49 Å². The lowest BCUT2D eigenvalue weighted by Crippen LogP contribution is -2.03. The Bertz CT molecular complexity index is 44.8. The molecule has 0 radical (unpaired) electrons. The van der Waals surface area contributed by atoms with Crippen molar-refractivity contribution in [2.24, 2.45) is 5.73 Å². The van der Waals surface area contributed by atoms with E-state index in [1.54, 1.807) is 0 Å². The zero-order chi connectivity index (χ0) is 6.24. The van der Waals surface area contributed by atoms with E-state index in [1.165, 1.54) is 25.9 Å². The van der Waals surface area contributed by atoms with E-state index in [1.807, 2.05) is 0 Å². The average Bonchev–Trinajstić information content (AvgIpc) is 2.17. The van der Waals surface area contributed by atoms with Crippen molar-refractivity contribution in [3.05, 3.63) is 0 Å². The molecule has 8 heavy (non-hydrogen) atoms. The minimum absolute atomic E-state index is 1.08. The van der Waals surface area contributed by atoms with Crippen LogP contribution in [0.15, 0.2) is 0 Å². The van der Waals surface area contributed by atoms with Crippen LogP contribution >= 0.6 is 12.2 Å². The van der Waals surface area contributed by atoms with Gasteiger partial charge in [-0.15, -0.1) is 0 Å². The number of hydrogen-bond acceptors (Lipinski definition) is 2. The van der Waals surface area contributed by atoms with Gasteiger partial charge in [-0.1, -0.05) is 12.2 Å². The van der Waals surface area contributed by atoms with Crippen LogP contribution < -0.4 is 11.1 Å². The maximum Gasteiger partial charge on any atom is 0.0588 e. The second-order valence-electron chi connectivity index (χ2n) is 1.59. The van der Waals surface area contributed by atoms with E-state index in [0.29, 0.717) is 0 Å². The van der Waals surface area contributed by atoms with Gasteiger partial charge < -0.3 is 11.1 Å². The van der Waals surface area contributed by atoms with Gasteiger partial charge in [0, 0.05) is 0 Å². The minimum Gasteiger partial charge on any atom is -0.396 e. The molecule has 1 aliphatic rings. The van der Waals surface area contributed by atoms with Crippen molar-refractivity contribution in [3.63, 3.8) is 0 Å². The minimum atomic E-state index is 1.08. The zero-order valence-electron chi connectivity index (χ0n) is 4.89. The first-order valence-electron chi connectivity index (χ1n) is 2.78. The number of nitrogens with one attached hydrogen (secondary N) is 1. The molecule has 0 aromatic rings. The molecule has 3 heteroatoms. The molecule has 0 aromatic heterocycles. The molecule has 1 fully saturated rings. The monoisotopic (exact) mass is 132 g/mol. The first-order chi connectivity index (χ1) is 3.91. The van der Waals surface area contributed by atoms with Crippen LogP contribution in [0.25, 0.3) is 0 Å². The summed E-state index contributed by atoms with van der Waals surface area (Å²) in [5.41, 5.74) is 5.62. The highest BCUT2D eigenvalue weighted by Gasteiger charge is 1.93. The summed E-state index contributed by atoms with van der Waals surface area (Å²) in [6, 6.07) is 0. The van der Waals surface area contributed by atoms with Gasteiger partial charge in [0.05, 0.1) is 5.49 Å². The van der Waals surface area contributed by atoms with E-state index in [2.05, 4.69) is 23.3 Å². The van der Waals surface area contributed by atoms with Gasteiger partial charge in [-0.05, 0) is 25.9 Å². The summed E-state index contributed by atoms with van der Waals surface area (Å²) in [5.74, 6) is 0. The number of thiocarbonyl (C=S) groups is 1. The van der Waals surface area contributed by atoms with Crippen LogP contribution in [0.1, 0.15) is 12.8 Å². The molecule has 0 aliphatic carbocycles. The fourth-order valence-corrected chi connectivity index (χ4v) is 0.625. The molecule has 1 heterocycles. The lowest BCUT2D eigenvalue weighted by atomic mass is 10.4. The summed E-state index contributed by atoms with van der Waals surface area (Å²) in [4.78, 5) is 0. The van der Waals surface area contributed by atoms with Crippen LogP contribution in [-0.4, -0.2) is 18.6 Å². The summed E-state index contributed by atoms with van der Waals surface area (Å²) in [6.45, 7) is 2.50. The maximum absolute atomic E-state index is 4.54. The summed E-state index contributed by atoms with van der Waals surface area (Å²) in [6.07, 6.45) is 2.78. The molecule has 0 spiro atoms. The highest BCUT2D eigenvalue weighted by Crippen LogP contribution is 1.90. The fourth-order valence-electron chi connectivity index (χ4n) is 0.625. The van der Waals surface area contributed by atoms with Gasteiger partial charge in [-0.2, -0.15) is 0 Å². The molecule has 0 aromatic carbocycles. The van der Waals surface area contributed by atoms with E-state index in [-0.39, 0.29) is 0 Å². The standard InChI is InChI=1S/C4H9N.CH3NS/c1-2-4-5-3-1;2-1-3/h5H,1-4H2;1H,(H2,2,3). The first-order valence-corrected chi connectivity index (χ1v) is 3.25. The van der Waals surface area contributed by atoms with Crippen LogP contribution in [0, 0.1) is 0 Å². The van der Waals surface area contributed by atoms with Gasteiger partial charge in [-0.3, -0.25) is 0 Å². The highest BCUT2D eigenvalue weighted by molar-refractivity contribution is 7.78. The fraction of sp³-hybridized carbons (Fsp3) is 0.800. The first kappa shape index (κ1) is 7.85. The van der Waals surface area contributed by atoms with Crippen molar-refractivity contribution in [1.29, 1.82) is 0 Å². The van der Waals surface area contributed by atoms with Gasteiger partial charge in [0.15, 0.2) is 0 Å². The Balaban J connectivity index is 0.000000145. The van der Waals surface area contributed by atoms with Gasteiger partial charge in [0.1, 0.15) is 0 Å². The molecule has 1 aliphatic heterocycles. The highest BCUT2D eigenvalue weighted by atomic mass is 32.1. The molecule has 1 saturated heterocycles. The summed E-state index contributed by atoms with van der Waals surface area (Å²) >= 11 is 4.05. The normalized spacial score (nSPS) is 16.5. The zero-order valence-corrected chi connectivity index (χ0v) is 5.71. The molecule has 0 saturated carbocycles. The van der Waals surface area contributed by atoms with Crippen molar-refractivity contribution in [3.8, 4) is 0 Å². The molecular weight excluding hydrogens is 120 g/mol. The molecule has 0 atom stereocenters. The Kier molecular flexibility index (Phi) is 6.72. The van der Waals surface area contributed by atoms with E-state index in [4.69, 9.17) is 0 Å². The van der Waals surface area contributed by atoms with Crippen molar-refractivity contribution >= 4 is 17.7 Å². The van der Waals surface area contributed by atoms with Crippen molar-refractivity contribution < 1.29 is 0 Å². The molecule has 0 unspecified atom stereocenters. The van der Waals surface area contributed by atoms with Crippen molar-refractivity contribution in [1.82, 2.24) is 5.32 Å². The van der Waals surface area contributed by atoms with E-state index >= 15 is 0 Å². The number of hydrogen-bond donors (Lipinski definition) is 2. The topological polar surface area (TPSA) is 38.0 Å². The average molecular weight is 132 g/mol. The van der Waals surface area contributed by atoms with Gasteiger partial charge in [-0.25, -0.2) is 0 Å². The second-order valence-corrected chi connectivity index (χ2v) is 1.87. The quantitative estimate of drug-likeness (QED) is 0.465. The molecular formula is C5H12N2S. The SMILES string of the molecule is C1CCNC1.NC=S. The Hall–Kier alpha value is -0.150. The molecule has 3 N–H and O–H groups in total. The third kappa shape index (κ3) is 5.85. The Morgan fingerprint density at radius 3 is 1.88 bits per heavy atom. The third-order valence-electron chi connectivity index (χ3n) is 0.957. The van der Waals surface area contributed by atoms with Crippen LogP contribution in [0.3, 0.4) is 0 Å². The Labute approximate surface area is 55.4 Å². The molecule has 48 valence electrons. The molecule has 0 bridgehead atoms. The Morgan fingerprint density at radius 2 is 1.75 bits per heavy atom. The number of nitrogens with two attached hydrogens (primary N) is 1. The van der Waals surface area contributed by atoms with E-state index in [9.17, 15) is 0 Å². The van der Waals surface area contributed by atoms with Crippen LogP contribution in [0.2, 0.25) is 0 Å². The van der Waals surface area contributed by atoms with Crippen LogP contribution in [0.4, 0.5) is 0 Å². The summed E-state index contributed by atoms with van der Waals surface area (Å²) in [7, 11) is 0.